The molecule has 0 saturated heterocycles. The van der Waals surface area contributed by atoms with E-state index in [2.05, 4.69) is 20.4 Å². The number of nitrogens with one attached hydrogen (secondary N) is 1. The van der Waals surface area contributed by atoms with Crippen LogP contribution in [-0.4, -0.2) is 17.4 Å². The van der Waals surface area contributed by atoms with Gasteiger partial charge in [0.15, 0.2) is 0 Å². The van der Waals surface area contributed by atoms with E-state index in [1.165, 1.54) is 6.21 Å². The van der Waals surface area contributed by atoms with Crippen LogP contribution in [0.5, 0.6) is 0 Å². The van der Waals surface area contributed by atoms with Crippen LogP contribution in [0.2, 0.25) is 0 Å². The Morgan fingerprint density at radius 2 is 1.93 bits per heavy atom. The van der Waals surface area contributed by atoms with E-state index < -0.39 is 0 Å². The van der Waals surface area contributed by atoms with Gasteiger partial charge in [0.05, 0.1) is 6.10 Å². The average molecular weight is 197 g/mol. The summed E-state index contributed by atoms with van der Waals surface area (Å²) in [5.41, 5.74) is 0. The molecule has 0 aromatic rings. The minimum atomic E-state index is -0.267. The zero-order valence-corrected chi connectivity index (χ0v) is 9.37. The molecule has 0 aliphatic rings. The molecular formula is C12H23NO. The van der Waals surface area contributed by atoms with Crippen LogP contribution in [0.3, 0.4) is 0 Å². The monoisotopic (exact) mass is 197 g/mol. The van der Waals surface area contributed by atoms with Crippen molar-refractivity contribution >= 4 is 6.21 Å². The molecule has 0 amide bonds. The van der Waals surface area contributed by atoms with Gasteiger partial charge in [-0.2, -0.15) is 0 Å². The maximum absolute atomic E-state index is 9.90. The van der Waals surface area contributed by atoms with Crippen LogP contribution in [-0.2, 0) is 0 Å². The Labute approximate surface area is 87.5 Å². The first-order valence-electron chi connectivity index (χ1n) is 5.41. The molecule has 0 saturated carbocycles. The highest BCUT2D eigenvalue weighted by atomic mass is 16.3. The van der Waals surface area contributed by atoms with Crippen molar-refractivity contribution in [1.82, 2.24) is 0 Å². The van der Waals surface area contributed by atoms with Crippen molar-refractivity contribution in [1.29, 1.82) is 5.41 Å². The van der Waals surface area contributed by atoms with Crippen molar-refractivity contribution in [2.75, 3.05) is 0 Å². The third kappa shape index (κ3) is 5.18. The summed E-state index contributed by atoms with van der Waals surface area (Å²) in [5, 5.41) is 16.8. The van der Waals surface area contributed by atoms with Crippen molar-refractivity contribution < 1.29 is 5.11 Å². The largest absolute Gasteiger partial charge is 0.393 e. The molecule has 0 unspecified atom stereocenters. The van der Waals surface area contributed by atoms with Crippen LogP contribution in [0, 0.1) is 17.2 Å². The van der Waals surface area contributed by atoms with Crippen LogP contribution < -0.4 is 0 Å². The van der Waals surface area contributed by atoms with Gasteiger partial charge in [-0.3, -0.25) is 0 Å². The Morgan fingerprint density at radius 1 is 1.29 bits per heavy atom. The smallest absolute Gasteiger partial charge is 0.0574 e. The highest BCUT2D eigenvalue weighted by Crippen LogP contribution is 2.23. The summed E-state index contributed by atoms with van der Waals surface area (Å²) < 4.78 is 0. The zero-order valence-electron chi connectivity index (χ0n) is 9.37. The molecule has 0 heterocycles. The van der Waals surface area contributed by atoms with Gasteiger partial charge in [0.2, 0.25) is 0 Å². The highest BCUT2D eigenvalue weighted by Gasteiger charge is 2.20. The first-order valence-corrected chi connectivity index (χ1v) is 5.41. The predicted octanol–water partition coefficient (Wildman–Crippen LogP) is 3.02. The lowest BCUT2D eigenvalue weighted by Gasteiger charge is -2.25. The van der Waals surface area contributed by atoms with Crippen molar-refractivity contribution in [3.05, 3.63) is 12.7 Å². The summed E-state index contributed by atoms with van der Waals surface area (Å²) >= 11 is 0. The SMILES string of the molecule is C=CCC[C@H](C(C)C)[C@H](O)CCC=N. The van der Waals surface area contributed by atoms with Gasteiger partial charge >= 0.3 is 0 Å². The Hall–Kier alpha value is -0.630. The molecule has 0 aromatic heterocycles. The van der Waals surface area contributed by atoms with Gasteiger partial charge in [0.1, 0.15) is 0 Å². The third-order valence-electron chi connectivity index (χ3n) is 2.66. The van der Waals surface area contributed by atoms with Crippen LogP contribution in [0.25, 0.3) is 0 Å². The topological polar surface area (TPSA) is 44.1 Å². The van der Waals surface area contributed by atoms with E-state index in [9.17, 15) is 5.11 Å². The molecule has 0 radical (unpaired) electrons. The fourth-order valence-electron chi connectivity index (χ4n) is 1.75. The van der Waals surface area contributed by atoms with Crippen molar-refractivity contribution in [3.8, 4) is 0 Å². The maximum Gasteiger partial charge on any atom is 0.0574 e. The Morgan fingerprint density at radius 3 is 2.36 bits per heavy atom. The van der Waals surface area contributed by atoms with E-state index in [-0.39, 0.29) is 6.10 Å². The predicted molar refractivity (Wildman–Crippen MR) is 61.8 cm³/mol. The molecule has 0 aliphatic carbocycles. The third-order valence-corrected chi connectivity index (χ3v) is 2.66. The van der Waals surface area contributed by atoms with Crippen molar-refractivity contribution in [2.24, 2.45) is 11.8 Å². The second-order valence-electron chi connectivity index (χ2n) is 4.12. The summed E-state index contributed by atoms with van der Waals surface area (Å²) in [6.07, 6.45) is 6.36. The number of aliphatic hydroxyl groups is 1. The van der Waals surface area contributed by atoms with E-state index in [0.717, 1.165) is 12.8 Å². The molecule has 82 valence electrons. The second kappa shape index (κ2) is 7.74. The summed E-state index contributed by atoms with van der Waals surface area (Å²) in [6.45, 7) is 7.98. The van der Waals surface area contributed by atoms with Gasteiger partial charge in [-0.25, -0.2) is 0 Å². The zero-order chi connectivity index (χ0) is 11.0. The molecule has 14 heavy (non-hydrogen) atoms. The van der Waals surface area contributed by atoms with Crippen LogP contribution in [0.1, 0.15) is 39.5 Å². The minimum absolute atomic E-state index is 0.267. The van der Waals surface area contributed by atoms with Gasteiger partial charge < -0.3 is 10.5 Å². The highest BCUT2D eigenvalue weighted by molar-refractivity contribution is 5.52. The Balaban J connectivity index is 4.02. The van der Waals surface area contributed by atoms with E-state index in [4.69, 9.17) is 5.41 Å². The first kappa shape index (κ1) is 13.4. The summed E-state index contributed by atoms with van der Waals surface area (Å²) in [4.78, 5) is 0. The fourth-order valence-corrected chi connectivity index (χ4v) is 1.75. The van der Waals surface area contributed by atoms with Crippen LogP contribution in [0.15, 0.2) is 12.7 Å². The molecule has 0 bridgehead atoms. The molecular weight excluding hydrogens is 174 g/mol. The van der Waals surface area contributed by atoms with Gasteiger partial charge in [0, 0.05) is 0 Å². The van der Waals surface area contributed by atoms with E-state index in [1.807, 2.05) is 6.08 Å². The molecule has 2 atom stereocenters. The summed E-state index contributed by atoms with van der Waals surface area (Å²) in [6, 6.07) is 0. The molecule has 2 heteroatoms. The van der Waals surface area contributed by atoms with Gasteiger partial charge in [-0.15, -0.1) is 6.58 Å². The van der Waals surface area contributed by atoms with Crippen molar-refractivity contribution in [2.45, 2.75) is 45.6 Å². The van der Waals surface area contributed by atoms with Gasteiger partial charge in [-0.05, 0) is 43.7 Å². The first-order chi connectivity index (χ1) is 6.63. The number of aliphatic hydroxyl groups excluding tert-OH is 1. The molecule has 2 N–H and O–H groups in total. The normalized spacial score (nSPS) is 15.1. The van der Waals surface area contributed by atoms with Crippen molar-refractivity contribution in [3.63, 3.8) is 0 Å². The van der Waals surface area contributed by atoms with E-state index >= 15 is 0 Å². The summed E-state index contributed by atoms with van der Waals surface area (Å²) in [7, 11) is 0. The molecule has 0 fully saturated rings. The van der Waals surface area contributed by atoms with Crippen LogP contribution in [0.4, 0.5) is 0 Å². The quantitative estimate of drug-likeness (QED) is 0.456. The van der Waals surface area contributed by atoms with Gasteiger partial charge in [0.25, 0.3) is 0 Å². The Kier molecular flexibility index (Phi) is 7.40. The maximum atomic E-state index is 9.90. The lowest BCUT2D eigenvalue weighted by atomic mass is 9.84. The number of hydrogen-bond donors (Lipinski definition) is 2. The number of allylic oxidation sites excluding steroid dienone is 1. The molecule has 0 spiro atoms. The lowest BCUT2D eigenvalue weighted by molar-refractivity contribution is 0.0710. The van der Waals surface area contributed by atoms with E-state index in [0.29, 0.717) is 24.7 Å². The standard InChI is InChI=1S/C12H23NO/c1-4-5-7-11(10(2)3)12(14)8-6-9-13/h4,9-14H,1,5-8H2,2-3H3/t11-,12-/m1/s1. The lowest BCUT2D eigenvalue weighted by Crippen LogP contribution is -2.25. The Bertz CT molecular complexity index is 166. The summed E-state index contributed by atoms with van der Waals surface area (Å²) in [5.74, 6) is 0.837. The molecule has 0 aliphatic heterocycles. The average Bonchev–Trinajstić information content (AvgIpc) is 2.14. The fraction of sp³-hybridized carbons (Fsp3) is 0.750. The van der Waals surface area contributed by atoms with E-state index in [1.54, 1.807) is 0 Å². The van der Waals surface area contributed by atoms with Gasteiger partial charge in [-0.1, -0.05) is 19.9 Å². The molecule has 0 aromatic carbocycles. The number of hydrogen-bond acceptors (Lipinski definition) is 2. The van der Waals surface area contributed by atoms with Crippen LogP contribution >= 0.6 is 0 Å². The number of rotatable bonds is 8. The molecule has 2 nitrogen and oxygen atoms in total. The minimum Gasteiger partial charge on any atom is -0.393 e. The second-order valence-corrected chi connectivity index (χ2v) is 4.12. The molecule has 0 rings (SSSR count).